The van der Waals surface area contributed by atoms with E-state index in [0.717, 1.165) is 25.8 Å². The van der Waals surface area contributed by atoms with E-state index < -0.39 is 0 Å². The summed E-state index contributed by atoms with van der Waals surface area (Å²) in [7, 11) is 1.87. The lowest BCUT2D eigenvalue weighted by atomic mass is 9.94. The van der Waals surface area contributed by atoms with Crippen LogP contribution in [0.4, 0.5) is 0 Å². The molecule has 1 aromatic heterocycles. The second kappa shape index (κ2) is 8.81. The average Bonchev–Trinajstić information content (AvgIpc) is 2.59. The van der Waals surface area contributed by atoms with Gasteiger partial charge in [0.25, 0.3) is 0 Å². The number of likely N-dealkylation sites (tertiary alicyclic amines) is 1. The van der Waals surface area contributed by atoms with Gasteiger partial charge in [-0.15, -0.1) is 0 Å². The van der Waals surface area contributed by atoms with Crippen molar-refractivity contribution >= 4 is 11.8 Å². The minimum Gasteiger partial charge on any atom is -0.345 e. The van der Waals surface area contributed by atoms with Gasteiger partial charge in [0.1, 0.15) is 0 Å². The van der Waals surface area contributed by atoms with Gasteiger partial charge in [0.15, 0.2) is 0 Å². The largest absolute Gasteiger partial charge is 0.345 e. The van der Waals surface area contributed by atoms with E-state index in [4.69, 9.17) is 0 Å². The molecule has 0 aliphatic carbocycles. The maximum atomic E-state index is 12.6. The lowest BCUT2D eigenvalue weighted by molar-refractivity contribution is -0.140. The molecule has 24 heavy (non-hydrogen) atoms. The van der Waals surface area contributed by atoms with E-state index in [1.54, 1.807) is 12.4 Å². The van der Waals surface area contributed by atoms with Crippen LogP contribution in [-0.2, 0) is 16.0 Å². The number of pyridine rings is 1. The van der Waals surface area contributed by atoms with Crippen LogP contribution in [-0.4, -0.2) is 53.3 Å². The third-order valence-corrected chi connectivity index (χ3v) is 4.64. The van der Waals surface area contributed by atoms with Gasteiger partial charge >= 0.3 is 0 Å². The minimum absolute atomic E-state index is 0.0514. The topological polar surface area (TPSA) is 53.5 Å². The van der Waals surface area contributed by atoms with Crippen LogP contribution >= 0.6 is 0 Å². The molecule has 0 N–H and O–H groups in total. The summed E-state index contributed by atoms with van der Waals surface area (Å²) < 4.78 is 0. The quantitative estimate of drug-likeness (QED) is 0.804. The monoisotopic (exact) mass is 331 g/mol. The molecule has 2 rings (SSSR count). The van der Waals surface area contributed by atoms with Crippen molar-refractivity contribution in [1.82, 2.24) is 14.8 Å². The molecule has 5 nitrogen and oxygen atoms in total. The van der Waals surface area contributed by atoms with Crippen LogP contribution in [0.2, 0.25) is 0 Å². The number of hydrogen-bond acceptors (Lipinski definition) is 3. The van der Waals surface area contributed by atoms with Crippen molar-refractivity contribution in [3.8, 4) is 0 Å². The van der Waals surface area contributed by atoms with Gasteiger partial charge in [0, 0.05) is 51.4 Å². The zero-order valence-corrected chi connectivity index (χ0v) is 15.1. The summed E-state index contributed by atoms with van der Waals surface area (Å²) in [4.78, 5) is 32.4. The summed E-state index contributed by atoms with van der Waals surface area (Å²) in [6, 6.07) is 3.97. The van der Waals surface area contributed by atoms with Gasteiger partial charge < -0.3 is 9.80 Å². The normalized spacial score (nSPS) is 15.6. The molecule has 1 aromatic rings. The molecule has 0 atom stereocenters. The molecule has 0 unspecified atom stereocenters. The Hall–Kier alpha value is -1.91. The van der Waals surface area contributed by atoms with Crippen molar-refractivity contribution in [1.29, 1.82) is 0 Å². The van der Waals surface area contributed by atoms with E-state index in [1.165, 1.54) is 5.56 Å². The lowest BCUT2D eigenvalue weighted by Gasteiger charge is -2.33. The predicted molar refractivity (Wildman–Crippen MR) is 94.3 cm³/mol. The first-order chi connectivity index (χ1) is 11.5. The Morgan fingerprint density at radius 2 is 1.88 bits per heavy atom. The van der Waals surface area contributed by atoms with Gasteiger partial charge in [-0.25, -0.2) is 0 Å². The molecule has 2 amide bonds. The molecule has 1 aliphatic rings. The molecule has 0 spiro atoms. The van der Waals surface area contributed by atoms with E-state index in [1.807, 2.05) is 29.0 Å². The third kappa shape index (κ3) is 5.32. The fourth-order valence-corrected chi connectivity index (χ4v) is 3.12. The van der Waals surface area contributed by atoms with Crippen LogP contribution in [0.5, 0.6) is 0 Å². The predicted octanol–water partition coefficient (Wildman–Crippen LogP) is 2.37. The molecule has 5 heteroatoms. The Morgan fingerprint density at radius 3 is 2.46 bits per heavy atom. The number of amides is 2. The Kier molecular flexibility index (Phi) is 6.76. The Bertz CT molecular complexity index is 537. The number of likely N-dealkylation sites (N-methyl/N-ethyl adjacent to an activating group) is 1. The Labute approximate surface area is 145 Å². The van der Waals surface area contributed by atoms with Crippen molar-refractivity contribution in [2.75, 3.05) is 26.7 Å². The summed E-state index contributed by atoms with van der Waals surface area (Å²) in [5, 5.41) is 0. The van der Waals surface area contributed by atoms with Gasteiger partial charge in [-0.2, -0.15) is 0 Å². The molecule has 0 aromatic carbocycles. The highest BCUT2D eigenvalue weighted by atomic mass is 16.2. The van der Waals surface area contributed by atoms with E-state index >= 15 is 0 Å². The first kappa shape index (κ1) is 18.4. The Morgan fingerprint density at radius 1 is 1.25 bits per heavy atom. The van der Waals surface area contributed by atoms with Crippen molar-refractivity contribution in [2.24, 2.45) is 11.8 Å². The number of rotatable bonds is 6. The maximum absolute atomic E-state index is 12.6. The molecular weight excluding hydrogens is 302 g/mol. The van der Waals surface area contributed by atoms with E-state index in [2.05, 4.69) is 18.8 Å². The average molecular weight is 331 g/mol. The van der Waals surface area contributed by atoms with E-state index in [-0.39, 0.29) is 17.7 Å². The highest BCUT2D eigenvalue weighted by Crippen LogP contribution is 2.20. The van der Waals surface area contributed by atoms with Crippen molar-refractivity contribution < 1.29 is 9.59 Å². The number of aromatic nitrogens is 1. The fraction of sp³-hybridized carbons (Fsp3) is 0.632. The molecular formula is C19H29N3O2. The molecule has 0 radical (unpaired) electrons. The molecule has 0 bridgehead atoms. The smallest absolute Gasteiger partial charge is 0.225 e. The third-order valence-electron chi connectivity index (χ3n) is 4.64. The summed E-state index contributed by atoms with van der Waals surface area (Å²) in [5.74, 6) is 0.869. The van der Waals surface area contributed by atoms with Crippen LogP contribution in [0, 0.1) is 11.8 Å². The van der Waals surface area contributed by atoms with E-state index in [9.17, 15) is 9.59 Å². The summed E-state index contributed by atoms with van der Waals surface area (Å²) in [6.45, 7) is 6.26. The van der Waals surface area contributed by atoms with Gasteiger partial charge in [-0.05, 0) is 42.9 Å². The number of hydrogen-bond donors (Lipinski definition) is 0. The summed E-state index contributed by atoms with van der Waals surface area (Å²) in [6.07, 6.45) is 6.56. The molecule has 1 saturated heterocycles. The molecule has 1 aliphatic heterocycles. The highest BCUT2D eigenvalue weighted by Gasteiger charge is 2.29. The van der Waals surface area contributed by atoms with Gasteiger partial charge in [0.2, 0.25) is 11.8 Å². The number of carbonyl (C=O) groups is 2. The van der Waals surface area contributed by atoms with Crippen molar-refractivity contribution in [3.05, 3.63) is 30.1 Å². The zero-order chi connectivity index (χ0) is 17.5. The van der Waals surface area contributed by atoms with Crippen LogP contribution in [0.25, 0.3) is 0 Å². The summed E-state index contributed by atoms with van der Waals surface area (Å²) >= 11 is 0. The SMILES string of the molecule is CC(C)CC(=O)N1CCC(C(=O)N(C)CCc2ccncc2)CC1. The number of nitrogens with zero attached hydrogens (tertiary/aromatic N) is 3. The van der Waals surface area contributed by atoms with E-state index in [0.29, 0.717) is 25.4 Å². The standard InChI is InChI=1S/C19H29N3O2/c1-15(2)14-18(23)22-12-7-17(8-13-22)19(24)21(3)11-6-16-4-9-20-10-5-16/h4-5,9-10,15,17H,6-8,11-14H2,1-3H3. The van der Waals surface area contributed by atoms with Crippen LogP contribution in [0.15, 0.2) is 24.5 Å². The molecule has 1 fully saturated rings. The zero-order valence-electron chi connectivity index (χ0n) is 15.1. The maximum Gasteiger partial charge on any atom is 0.225 e. The molecule has 2 heterocycles. The number of piperidine rings is 1. The second-order valence-electron chi connectivity index (χ2n) is 7.12. The van der Waals surface area contributed by atoms with Crippen LogP contribution < -0.4 is 0 Å². The molecule has 132 valence electrons. The second-order valence-corrected chi connectivity index (χ2v) is 7.12. The van der Waals surface area contributed by atoms with Crippen LogP contribution in [0.1, 0.15) is 38.7 Å². The first-order valence-electron chi connectivity index (χ1n) is 8.89. The highest BCUT2D eigenvalue weighted by molar-refractivity contribution is 5.80. The lowest BCUT2D eigenvalue weighted by Crippen LogP contribution is -2.44. The minimum atomic E-state index is 0.0514. The van der Waals surface area contributed by atoms with Crippen molar-refractivity contribution in [3.63, 3.8) is 0 Å². The van der Waals surface area contributed by atoms with Crippen molar-refractivity contribution in [2.45, 2.75) is 39.5 Å². The van der Waals surface area contributed by atoms with Gasteiger partial charge in [-0.1, -0.05) is 13.8 Å². The summed E-state index contributed by atoms with van der Waals surface area (Å²) in [5.41, 5.74) is 1.19. The van der Waals surface area contributed by atoms with Gasteiger partial charge in [-0.3, -0.25) is 14.6 Å². The number of carbonyl (C=O) groups excluding carboxylic acids is 2. The van der Waals surface area contributed by atoms with Gasteiger partial charge in [0.05, 0.1) is 0 Å². The molecule has 0 saturated carbocycles. The van der Waals surface area contributed by atoms with Crippen LogP contribution in [0.3, 0.4) is 0 Å². The Balaban J connectivity index is 1.76. The first-order valence-corrected chi connectivity index (χ1v) is 8.89. The fourth-order valence-electron chi connectivity index (χ4n) is 3.12.